The maximum atomic E-state index is 13.2. The van der Waals surface area contributed by atoms with Crippen LogP contribution in [-0.4, -0.2) is 43.6 Å². The Hall–Kier alpha value is -4.33. The van der Waals surface area contributed by atoms with Crippen LogP contribution in [0.1, 0.15) is 28.7 Å². The highest BCUT2D eigenvalue weighted by atomic mass is 16.4. The van der Waals surface area contributed by atoms with Crippen molar-refractivity contribution < 1.29 is 19.5 Å². The molecule has 4 aromatic rings. The number of aryl methyl sites for hydroxylation is 2. The van der Waals surface area contributed by atoms with Crippen LogP contribution in [0.4, 0.5) is 4.79 Å². The summed E-state index contributed by atoms with van der Waals surface area (Å²) in [7, 11) is 0. The molecule has 8 nitrogen and oxygen atoms in total. The fourth-order valence-corrected chi connectivity index (χ4v) is 6.04. The lowest BCUT2D eigenvalue weighted by molar-refractivity contribution is -0.122. The third-order valence-corrected chi connectivity index (χ3v) is 7.52. The molecule has 5 heterocycles. The smallest absolute Gasteiger partial charge is 0.407 e. The Kier molecular flexibility index (Phi) is 4.06. The van der Waals surface area contributed by atoms with E-state index in [0.717, 1.165) is 52.3 Å². The Morgan fingerprint density at radius 2 is 1.40 bits per heavy atom. The van der Waals surface area contributed by atoms with Gasteiger partial charge in [-0.15, -0.1) is 0 Å². The molecule has 3 amide bonds. The zero-order valence-electron chi connectivity index (χ0n) is 18.9. The largest absolute Gasteiger partial charge is 0.465 e. The zero-order chi connectivity index (χ0) is 23.8. The minimum Gasteiger partial charge on any atom is -0.465 e. The van der Waals surface area contributed by atoms with Gasteiger partial charge in [-0.2, -0.15) is 0 Å². The van der Waals surface area contributed by atoms with E-state index in [1.54, 1.807) is 0 Å². The number of rotatable bonds is 2. The second-order valence-corrected chi connectivity index (χ2v) is 9.44. The van der Waals surface area contributed by atoms with Crippen molar-refractivity contribution in [2.45, 2.75) is 32.5 Å². The highest BCUT2D eigenvalue weighted by Crippen LogP contribution is 2.41. The standard InChI is InChI=1S/C27H22N4O4/c32-25-21(19-13-29-9-3-6-15-4-1-7-17(19)23(15)29)22(26(33)28-25)20-14-30-10-11-31(27(34)35)12-16-5-2-8-18(20)24(16)30/h1-2,4-5,7-8,13-14H,3,6,9-12H2,(H,34,35)(H,28,32,33). The third kappa shape index (κ3) is 2.76. The molecule has 174 valence electrons. The predicted octanol–water partition coefficient (Wildman–Crippen LogP) is 3.60. The van der Waals surface area contributed by atoms with Crippen LogP contribution in [0.15, 0.2) is 48.8 Å². The number of imide groups is 1. The van der Waals surface area contributed by atoms with Gasteiger partial charge in [0, 0.05) is 53.9 Å². The van der Waals surface area contributed by atoms with Crippen molar-refractivity contribution in [1.82, 2.24) is 19.4 Å². The average Bonchev–Trinajstić information content (AvgIpc) is 3.43. The van der Waals surface area contributed by atoms with Crippen LogP contribution >= 0.6 is 0 Å². The highest BCUT2D eigenvalue weighted by molar-refractivity contribution is 6.50. The van der Waals surface area contributed by atoms with Gasteiger partial charge in [-0.1, -0.05) is 36.4 Å². The summed E-state index contributed by atoms with van der Waals surface area (Å²) in [6.07, 6.45) is 5.00. The number of aromatic nitrogens is 2. The molecule has 0 atom stereocenters. The molecule has 0 aliphatic carbocycles. The van der Waals surface area contributed by atoms with Crippen molar-refractivity contribution in [2.24, 2.45) is 0 Å². The molecule has 0 saturated carbocycles. The summed E-state index contributed by atoms with van der Waals surface area (Å²) >= 11 is 0. The molecule has 0 unspecified atom stereocenters. The van der Waals surface area contributed by atoms with Gasteiger partial charge in [-0.25, -0.2) is 4.79 Å². The van der Waals surface area contributed by atoms with E-state index >= 15 is 0 Å². The van der Waals surface area contributed by atoms with Crippen molar-refractivity contribution in [3.05, 3.63) is 71.0 Å². The van der Waals surface area contributed by atoms with Gasteiger partial charge in [-0.05, 0) is 24.0 Å². The lowest BCUT2D eigenvalue weighted by atomic mass is 9.94. The molecule has 3 aliphatic heterocycles. The molecule has 2 aromatic carbocycles. The summed E-state index contributed by atoms with van der Waals surface area (Å²) in [6.45, 7) is 1.99. The summed E-state index contributed by atoms with van der Waals surface area (Å²) in [5.41, 5.74) is 6.47. The molecule has 0 radical (unpaired) electrons. The van der Waals surface area contributed by atoms with Crippen LogP contribution in [-0.2, 0) is 35.6 Å². The molecule has 3 aliphatic rings. The number of carbonyl (C=O) groups is 3. The van der Waals surface area contributed by atoms with Gasteiger partial charge in [0.1, 0.15) is 0 Å². The summed E-state index contributed by atoms with van der Waals surface area (Å²) in [5.74, 6) is -0.777. The van der Waals surface area contributed by atoms with Crippen molar-refractivity contribution >= 4 is 50.9 Å². The van der Waals surface area contributed by atoms with Gasteiger partial charge in [0.25, 0.3) is 11.8 Å². The van der Waals surface area contributed by atoms with Gasteiger partial charge >= 0.3 is 6.09 Å². The fourth-order valence-electron chi connectivity index (χ4n) is 6.04. The average molecular weight is 466 g/mol. The fraction of sp³-hybridized carbons (Fsp3) is 0.222. The third-order valence-electron chi connectivity index (χ3n) is 7.52. The Balaban J connectivity index is 1.49. The molecule has 35 heavy (non-hydrogen) atoms. The zero-order valence-corrected chi connectivity index (χ0v) is 18.9. The second kappa shape index (κ2) is 7.09. The van der Waals surface area contributed by atoms with Gasteiger partial charge in [0.2, 0.25) is 0 Å². The molecule has 0 spiro atoms. The topological polar surface area (TPSA) is 96.6 Å². The van der Waals surface area contributed by atoms with Gasteiger partial charge in [-0.3, -0.25) is 14.9 Å². The molecule has 0 bridgehead atoms. The normalized spacial score (nSPS) is 17.4. The maximum Gasteiger partial charge on any atom is 0.407 e. The first-order valence-electron chi connectivity index (χ1n) is 11.8. The quantitative estimate of drug-likeness (QED) is 0.441. The summed E-state index contributed by atoms with van der Waals surface area (Å²) in [5, 5.41) is 13.9. The Morgan fingerprint density at radius 1 is 0.800 bits per heavy atom. The molecule has 0 saturated heterocycles. The minimum atomic E-state index is -0.952. The van der Waals surface area contributed by atoms with Crippen molar-refractivity contribution in [2.75, 3.05) is 6.54 Å². The first-order chi connectivity index (χ1) is 17.0. The molecule has 2 N–H and O–H groups in total. The van der Waals surface area contributed by atoms with Crippen LogP contribution in [0.2, 0.25) is 0 Å². The van der Waals surface area contributed by atoms with Gasteiger partial charge in [0.05, 0.1) is 28.7 Å². The van der Waals surface area contributed by atoms with E-state index in [9.17, 15) is 19.5 Å². The Bertz CT molecular complexity index is 1650. The minimum absolute atomic E-state index is 0.281. The van der Waals surface area contributed by atoms with E-state index in [0.29, 0.717) is 29.8 Å². The van der Waals surface area contributed by atoms with E-state index < -0.39 is 12.0 Å². The number of nitrogens with zero attached hydrogens (tertiary/aromatic N) is 3. The Morgan fingerprint density at radius 3 is 2.06 bits per heavy atom. The van der Waals surface area contributed by atoms with Crippen LogP contribution in [0.5, 0.6) is 0 Å². The molecule has 2 aromatic heterocycles. The van der Waals surface area contributed by atoms with E-state index in [1.165, 1.54) is 10.5 Å². The first kappa shape index (κ1) is 20.1. The number of nitrogens with one attached hydrogen (secondary N) is 1. The monoisotopic (exact) mass is 466 g/mol. The molecular formula is C27H22N4O4. The summed E-state index contributed by atoms with van der Waals surface area (Å²) in [4.78, 5) is 39.4. The first-order valence-corrected chi connectivity index (χ1v) is 11.8. The number of amides is 3. The van der Waals surface area contributed by atoms with Crippen LogP contribution < -0.4 is 5.32 Å². The van der Waals surface area contributed by atoms with E-state index in [4.69, 9.17) is 0 Å². The van der Waals surface area contributed by atoms with E-state index in [2.05, 4.69) is 16.0 Å². The lowest BCUT2D eigenvalue weighted by Crippen LogP contribution is -2.30. The SMILES string of the molecule is O=C1NC(=O)C(c2cn3c4c(cccc24)CN(C(=O)O)CC3)=C1c1cn2c3c(cccc13)CCC2. The van der Waals surface area contributed by atoms with Crippen LogP contribution in [0.3, 0.4) is 0 Å². The number of carbonyl (C=O) groups excluding carboxylic acids is 2. The molecule has 0 fully saturated rings. The second-order valence-electron chi connectivity index (χ2n) is 9.44. The molecular weight excluding hydrogens is 444 g/mol. The van der Waals surface area contributed by atoms with Crippen molar-refractivity contribution in [3.63, 3.8) is 0 Å². The highest BCUT2D eigenvalue weighted by Gasteiger charge is 2.36. The number of hydrogen-bond donors (Lipinski definition) is 2. The number of hydrogen-bond acceptors (Lipinski definition) is 3. The number of benzene rings is 2. The lowest BCUT2D eigenvalue weighted by Gasteiger charge is -2.16. The number of carboxylic acid groups (broad SMARTS) is 1. The van der Waals surface area contributed by atoms with Crippen LogP contribution in [0, 0.1) is 0 Å². The Labute approximate surface area is 200 Å². The van der Waals surface area contributed by atoms with Gasteiger partial charge in [0.15, 0.2) is 0 Å². The predicted molar refractivity (Wildman–Crippen MR) is 131 cm³/mol. The molecule has 7 rings (SSSR count). The summed E-state index contributed by atoms with van der Waals surface area (Å²) < 4.78 is 4.21. The number of para-hydroxylation sites is 2. The van der Waals surface area contributed by atoms with Crippen LogP contribution in [0.25, 0.3) is 33.0 Å². The van der Waals surface area contributed by atoms with E-state index in [-0.39, 0.29) is 12.5 Å². The summed E-state index contributed by atoms with van der Waals surface area (Å²) in [6, 6.07) is 11.9. The van der Waals surface area contributed by atoms with Crippen molar-refractivity contribution in [3.8, 4) is 0 Å². The van der Waals surface area contributed by atoms with E-state index in [1.807, 2.05) is 47.3 Å². The van der Waals surface area contributed by atoms with Gasteiger partial charge < -0.3 is 19.1 Å². The molecule has 8 heteroatoms. The maximum absolute atomic E-state index is 13.2. The van der Waals surface area contributed by atoms with Crippen molar-refractivity contribution in [1.29, 1.82) is 0 Å².